The number of likely N-dealkylation sites (tertiary alicyclic amines) is 1. The van der Waals surface area contributed by atoms with Crippen LogP contribution in [0, 0.1) is 11.8 Å². The van der Waals surface area contributed by atoms with Gasteiger partial charge in [0.25, 0.3) is 0 Å². The summed E-state index contributed by atoms with van der Waals surface area (Å²) < 4.78 is 0.842. The highest BCUT2D eigenvalue weighted by molar-refractivity contribution is 8.02. The predicted molar refractivity (Wildman–Crippen MR) is 133 cm³/mol. The van der Waals surface area contributed by atoms with Gasteiger partial charge in [0.05, 0.1) is 22.1 Å². The second-order valence-corrected chi connectivity index (χ2v) is 11.3. The van der Waals surface area contributed by atoms with E-state index in [-0.39, 0.29) is 42.8 Å². The molecule has 188 valence electrons. The zero-order valence-electron chi connectivity index (χ0n) is 19.9. The molecule has 0 bridgehead atoms. The quantitative estimate of drug-likeness (QED) is 0.586. The molecule has 5 heterocycles. The summed E-state index contributed by atoms with van der Waals surface area (Å²) >= 11 is 1.56. The van der Waals surface area contributed by atoms with Crippen molar-refractivity contribution in [3.8, 4) is 0 Å². The smallest absolute Gasteiger partial charge is 0.248 e. The Morgan fingerprint density at radius 3 is 2.78 bits per heavy atom. The summed E-state index contributed by atoms with van der Waals surface area (Å²) in [6, 6.07) is 6.81. The number of aliphatic hydroxyl groups is 1. The molecule has 0 aliphatic carbocycles. The summed E-state index contributed by atoms with van der Waals surface area (Å²) in [5.41, 5.74) is 1.57. The molecule has 2 fully saturated rings. The van der Waals surface area contributed by atoms with E-state index in [4.69, 9.17) is 0 Å². The molecule has 0 saturated carbocycles. The Morgan fingerprint density at radius 2 is 1.94 bits per heavy atom. The van der Waals surface area contributed by atoms with Crippen molar-refractivity contribution in [3.63, 3.8) is 0 Å². The number of thioether (sulfide) groups is 1. The molecule has 1 spiro atoms. The van der Waals surface area contributed by atoms with Gasteiger partial charge in [-0.05, 0) is 18.6 Å². The Morgan fingerprint density at radius 1 is 1.11 bits per heavy atom. The van der Waals surface area contributed by atoms with Gasteiger partial charge in [-0.25, -0.2) is 4.68 Å². The van der Waals surface area contributed by atoms with Crippen LogP contribution in [0.15, 0.2) is 48.6 Å². The van der Waals surface area contributed by atoms with E-state index >= 15 is 0 Å². The highest BCUT2D eigenvalue weighted by Crippen LogP contribution is 2.60. The number of hydrogen-bond donors (Lipinski definition) is 1. The van der Waals surface area contributed by atoms with Gasteiger partial charge in [-0.2, -0.15) is 0 Å². The lowest BCUT2D eigenvalue weighted by atomic mass is 9.78. The fraction of sp³-hybridized carbons (Fsp3) is 0.480. The minimum Gasteiger partial charge on any atom is -0.396 e. The van der Waals surface area contributed by atoms with Gasteiger partial charge in [-0.15, -0.1) is 16.9 Å². The first-order valence-corrected chi connectivity index (χ1v) is 13.1. The van der Waals surface area contributed by atoms with Gasteiger partial charge in [-0.3, -0.25) is 14.4 Å². The highest BCUT2D eigenvalue weighted by atomic mass is 32.2. The van der Waals surface area contributed by atoms with Gasteiger partial charge in [0.2, 0.25) is 17.7 Å². The lowest BCUT2D eigenvalue weighted by Crippen LogP contribution is -2.53. The molecule has 1 N–H and O–H groups in total. The minimum absolute atomic E-state index is 0.0634. The lowest BCUT2D eigenvalue weighted by molar-refractivity contribution is -0.144. The van der Waals surface area contributed by atoms with Crippen LogP contribution in [0.3, 0.4) is 0 Å². The summed E-state index contributed by atoms with van der Waals surface area (Å²) in [6.45, 7) is 1.24. The number of carbonyl (C=O) groups excluding carboxylic acids is 3. The van der Waals surface area contributed by atoms with Crippen LogP contribution in [0.5, 0.6) is 0 Å². The molecule has 0 radical (unpaired) electrons. The zero-order valence-corrected chi connectivity index (χ0v) is 20.8. The average molecular weight is 509 g/mol. The second kappa shape index (κ2) is 8.74. The monoisotopic (exact) mass is 508 g/mol. The van der Waals surface area contributed by atoms with Gasteiger partial charge < -0.3 is 19.8 Å². The van der Waals surface area contributed by atoms with E-state index in [0.29, 0.717) is 19.5 Å². The van der Waals surface area contributed by atoms with Crippen LogP contribution < -0.4 is 0 Å². The minimum atomic E-state index is -0.851. The molecule has 3 amide bonds. The van der Waals surface area contributed by atoms with Crippen LogP contribution in [-0.4, -0.2) is 102 Å². The lowest BCUT2D eigenvalue weighted by Gasteiger charge is -2.35. The number of likely N-dealkylation sites (N-methyl/N-ethyl adjacent to an activating group) is 1. The summed E-state index contributed by atoms with van der Waals surface area (Å²) in [7, 11) is 1.75. The number of hydrogen-bond acceptors (Lipinski definition) is 7. The molecule has 4 aliphatic heterocycles. The van der Waals surface area contributed by atoms with Crippen molar-refractivity contribution >= 4 is 40.5 Å². The van der Waals surface area contributed by atoms with Crippen molar-refractivity contribution in [2.75, 3.05) is 33.3 Å². The largest absolute Gasteiger partial charge is 0.396 e. The molecule has 11 heteroatoms. The van der Waals surface area contributed by atoms with Crippen LogP contribution in [0.1, 0.15) is 6.42 Å². The molecule has 1 unspecified atom stereocenters. The summed E-state index contributed by atoms with van der Waals surface area (Å²) in [6.07, 6.45) is 8.30. The Labute approximate surface area is 212 Å². The van der Waals surface area contributed by atoms with Gasteiger partial charge in [0.15, 0.2) is 0 Å². The fourth-order valence-corrected chi connectivity index (χ4v) is 8.11. The highest BCUT2D eigenvalue weighted by Gasteiger charge is 2.70. The first kappa shape index (κ1) is 23.2. The van der Waals surface area contributed by atoms with E-state index in [2.05, 4.69) is 10.3 Å². The number of rotatable bonds is 5. The van der Waals surface area contributed by atoms with Gasteiger partial charge in [0.1, 0.15) is 18.2 Å². The molecular formula is C25H28N6O4S. The van der Waals surface area contributed by atoms with Crippen molar-refractivity contribution in [3.05, 3.63) is 48.6 Å². The van der Waals surface area contributed by atoms with Crippen molar-refractivity contribution < 1.29 is 19.5 Å². The third-order valence-corrected chi connectivity index (χ3v) is 9.47. The van der Waals surface area contributed by atoms with Gasteiger partial charge >= 0.3 is 0 Å². The summed E-state index contributed by atoms with van der Waals surface area (Å²) in [5.74, 6) is -1.59. The standard InChI is InChI=1S/C25H28N6O4S/c1-28-11-4-9-18-19(22(28)33)20-23(34)30(13-6-14-32)21-24(35)29(12-5-10-25(20,21)36-18)15-31-17-8-3-2-7-16(17)26-27-31/h2-5,7-10,18-21,32H,6,11-15H2,1H3/t18-,19+,20+,21?,25+/m1/s1. The number of benzene rings is 1. The average Bonchev–Trinajstić information content (AvgIpc) is 3.43. The first-order valence-electron chi connectivity index (χ1n) is 12.2. The molecule has 6 rings (SSSR count). The zero-order chi connectivity index (χ0) is 25.0. The van der Waals surface area contributed by atoms with Gasteiger partial charge in [-0.1, -0.05) is 41.7 Å². The maximum absolute atomic E-state index is 14.2. The normalized spacial score (nSPS) is 31.6. The van der Waals surface area contributed by atoms with E-state index in [9.17, 15) is 19.5 Å². The first-order chi connectivity index (χ1) is 17.5. The third kappa shape index (κ3) is 3.32. The second-order valence-electron chi connectivity index (χ2n) is 9.78. The van der Waals surface area contributed by atoms with E-state index < -0.39 is 22.6 Å². The third-order valence-electron chi connectivity index (χ3n) is 7.73. The maximum Gasteiger partial charge on any atom is 0.248 e. The van der Waals surface area contributed by atoms with E-state index in [1.165, 1.54) is 0 Å². The van der Waals surface area contributed by atoms with Crippen molar-refractivity contribution in [2.24, 2.45) is 11.8 Å². The van der Waals surface area contributed by atoms with Crippen LogP contribution in [0.2, 0.25) is 0 Å². The summed E-state index contributed by atoms with van der Waals surface area (Å²) in [5, 5.41) is 17.8. The maximum atomic E-state index is 14.2. The Balaban J connectivity index is 1.40. The Hall–Kier alpha value is -3.18. The Bertz CT molecular complexity index is 1290. The number of carbonyl (C=O) groups is 3. The molecular weight excluding hydrogens is 480 g/mol. The van der Waals surface area contributed by atoms with Crippen LogP contribution in [0.4, 0.5) is 0 Å². The number of aliphatic hydroxyl groups excluding tert-OH is 1. The van der Waals surface area contributed by atoms with Crippen LogP contribution in [0.25, 0.3) is 11.0 Å². The number of amides is 3. The van der Waals surface area contributed by atoms with E-state index in [1.807, 2.05) is 48.6 Å². The molecule has 10 nitrogen and oxygen atoms in total. The van der Waals surface area contributed by atoms with E-state index in [0.717, 1.165) is 11.0 Å². The van der Waals surface area contributed by atoms with Crippen molar-refractivity contribution in [1.82, 2.24) is 29.7 Å². The topological polar surface area (TPSA) is 112 Å². The van der Waals surface area contributed by atoms with Crippen LogP contribution >= 0.6 is 11.8 Å². The van der Waals surface area contributed by atoms with Crippen molar-refractivity contribution in [2.45, 2.75) is 29.1 Å². The number of aromatic nitrogens is 3. The van der Waals surface area contributed by atoms with Crippen LogP contribution in [-0.2, 0) is 21.1 Å². The molecule has 2 aromatic rings. The van der Waals surface area contributed by atoms with Crippen molar-refractivity contribution in [1.29, 1.82) is 0 Å². The van der Waals surface area contributed by atoms with Gasteiger partial charge in [0, 0.05) is 38.5 Å². The number of para-hydroxylation sites is 1. The number of nitrogens with zero attached hydrogens (tertiary/aromatic N) is 6. The van der Waals surface area contributed by atoms with E-state index in [1.54, 1.807) is 38.2 Å². The fourth-order valence-electron chi connectivity index (χ4n) is 6.10. The summed E-state index contributed by atoms with van der Waals surface area (Å²) in [4.78, 5) is 46.5. The molecule has 5 atom stereocenters. The SMILES string of the molecule is CN1CC=C[C@H]2S[C@]34C=CCN(Cn5nnc6ccccc65)C(=O)C3N(CCCO)C(=O)[C@@H]4[C@H]2C1=O. The molecule has 2 saturated heterocycles. The molecule has 36 heavy (non-hydrogen) atoms. The Kier molecular flexibility index (Phi) is 5.64. The molecule has 4 aliphatic rings. The number of fused-ring (bicyclic) bond motifs is 3. The molecule has 1 aromatic carbocycles. The molecule has 1 aromatic heterocycles. The predicted octanol–water partition coefficient (Wildman–Crippen LogP) is 0.495.